The molecule has 0 saturated heterocycles. The average molecular weight is 382 g/mol. The zero-order valence-electron chi connectivity index (χ0n) is 16.5. The maximum absolute atomic E-state index is 12.5. The number of hydrogen-bond acceptors (Lipinski definition) is 3. The molecule has 29 heavy (non-hydrogen) atoms. The second-order valence-corrected chi connectivity index (χ2v) is 7.09. The number of carbonyl (C=O) groups excluding carboxylic acids is 1. The number of aromatic nitrogens is 2. The van der Waals surface area contributed by atoms with Gasteiger partial charge in [0.2, 0.25) is 0 Å². The summed E-state index contributed by atoms with van der Waals surface area (Å²) in [6.45, 7) is 4.63. The number of nitrogens with one attached hydrogen (secondary N) is 1. The van der Waals surface area contributed by atoms with Gasteiger partial charge in [0, 0.05) is 11.3 Å². The maximum Gasteiger partial charge on any atom is 0.271 e. The largest absolute Gasteiger partial charge is 0.271 e. The van der Waals surface area contributed by atoms with E-state index in [1.807, 2.05) is 73.1 Å². The molecule has 1 N–H and O–H groups in total. The Morgan fingerprint density at radius 2 is 1.83 bits per heavy atom. The summed E-state index contributed by atoms with van der Waals surface area (Å²) in [4.78, 5) is 12.5. The SMILES string of the molecule is Cc1cc(C)n(Cc2cccc(C(=O)NN=Cc3ccc4ccccc4c3)c2)n1. The first-order valence-corrected chi connectivity index (χ1v) is 9.51. The number of fused-ring (bicyclic) bond motifs is 1. The summed E-state index contributed by atoms with van der Waals surface area (Å²) in [5, 5.41) is 10.9. The smallest absolute Gasteiger partial charge is 0.267 e. The van der Waals surface area contributed by atoms with E-state index < -0.39 is 0 Å². The summed E-state index contributed by atoms with van der Waals surface area (Å²) in [6.07, 6.45) is 1.66. The lowest BCUT2D eigenvalue weighted by Crippen LogP contribution is -2.18. The second kappa shape index (κ2) is 8.10. The van der Waals surface area contributed by atoms with Crippen LogP contribution in [0.2, 0.25) is 0 Å². The number of aryl methyl sites for hydroxylation is 2. The molecule has 0 fully saturated rings. The molecule has 5 heteroatoms. The van der Waals surface area contributed by atoms with Gasteiger partial charge < -0.3 is 0 Å². The number of carbonyl (C=O) groups is 1. The fourth-order valence-corrected chi connectivity index (χ4v) is 3.34. The fraction of sp³-hybridized carbons (Fsp3) is 0.125. The molecule has 4 aromatic rings. The van der Waals surface area contributed by atoms with Crippen LogP contribution in [-0.4, -0.2) is 21.9 Å². The van der Waals surface area contributed by atoms with Crippen LogP contribution in [0.3, 0.4) is 0 Å². The van der Waals surface area contributed by atoms with Crippen molar-refractivity contribution in [2.24, 2.45) is 5.10 Å². The first kappa shape index (κ1) is 18.6. The number of hydrogen-bond donors (Lipinski definition) is 1. The monoisotopic (exact) mass is 382 g/mol. The molecular weight excluding hydrogens is 360 g/mol. The Balaban J connectivity index is 1.43. The molecule has 0 aliphatic heterocycles. The van der Waals surface area contributed by atoms with E-state index >= 15 is 0 Å². The lowest BCUT2D eigenvalue weighted by atomic mass is 10.1. The maximum atomic E-state index is 12.5. The van der Waals surface area contributed by atoms with E-state index in [0.29, 0.717) is 12.1 Å². The molecule has 0 spiro atoms. The third kappa shape index (κ3) is 4.41. The van der Waals surface area contributed by atoms with Crippen LogP contribution in [0, 0.1) is 13.8 Å². The van der Waals surface area contributed by atoms with Crippen molar-refractivity contribution in [1.29, 1.82) is 0 Å². The highest BCUT2D eigenvalue weighted by Gasteiger charge is 2.07. The van der Waals surface area contributed by atoms with E-state index in [-0.39, 0.29) is 5.91 Å². The highest BCUT2D eigenvalue weighted by atomic mass is 16.2. The molecule has 0 aliphatic carbocycles. The molecule has 144 valence electrons. The lowest BCUT2D eigenvalue weighted by molar-refractivity contribution is 0.0955. The highest BCUT2D eigenvalue weighted by molar-refractivity contribution is 5.95. The van der Waals surface area contributed by atoms with E-state index in [4.69, 9.17) is 0 Å². The van der Waals surface area contributed by atoms with E-state index in [1.165, 1.54) is 5.39 Å². The van der Waals surface area contributed by atoms with Crippen LogP contribution in [0.25, 0.3) is 10.8 Å². The van der Waals surface area contributed by atoms with Crippen LogP contribution in [0.5, 0.6) is 0 Å². The minimum absolute atomic E-state index is 0.239. The molecule has 1 amide bonds. The molecule has 0 saturated carbocycles. The van der Waals surface area contributed by atoms with Gasteiger partial charge in [-0.25, -0.2) is 5.43 Å². The third-order valence-corrected chi connectivity index (χ3v) is 4.78. The van der Waals surface area contributed by atoms with Crippen molar-refractivity contribution in [2.75, 3.05) is 0 Å². The quantitative estimate of drug-likeness (QED) is 0.409. The van der Waals surface area contributed by atoms with Gasteiger partial charge in [-0.15, -0.1) is 0 Å². The number of rotatable bonds is 5. The van der Waals surface area contributed by atoms with E-state index in [9.17, 15) is 4.79 Å². The van der Waals surface area contributed by atoms with Crippen LogP contribution in [0.4, 0.5) is 0 Å². The van der Waals surface area contributed by atoms with Crippen molar-refractivity contribution < 1.29 is 4.79 Å². The summed E-state index contributed by atoms with van der Waals surface area (Å²) in [5.74, 6) is -0.239. The lowest BCUT2D eigenvalue weighted by Gasteiger charge is -2.07. The number of hydrazone groups is 1. The zero-order chi connectivity index (χ0) is 20.2. The number of amides is 1. The Kier molecular flexibility index (Phi) is 5.20. The van der Waals surface area contributed by atoms with Crippen LogP contribution >= 0.6 is 0 Å². The van der Waals surface area contributed by atoms with Gasteiger partial charge in [0.05, 0.1) is 18.5 Å². The summed E-state index contributed by atoms with van der Waals surface area (Å²) in [5.41, 5.74) is 7.21. The standard InChI is InChI=1S/C24H22N4O/c1-17-12-18(2)28(27-17)16-20-6-5-9-23(14-20)24(29)26-25-15-19-10-11-21-7-3-4-8-22(21)13-19/h3-15H,16H2,1-2H3,(H,26,29). The summed E-state index contributed by atoms with van der Waals surface area (Å²) < 4.78 is 1.93. The van der Waals surface area contributed by atoms with Crippen molar-refractivity contribution in [3.8, 4) is 0 Å². The molecule has 0 bridgehead atoms. The molecule has 0 atom stereocenters. The Morgan fingerprint density at radius 3 is 2.62 bits per heavy atom. The Bertz CT molecular complexity index is 1210. The molecule has 0 unspecified atom stereocenters. The topological polar surface area (TPSA) is 59.3 Å². The van der Waals surface area contributed by atoms with Gasteiger partial charge in [-0.3, -0.25) is 9.48 Å². The van der Waals surface area contributed by atoms with Crippen LogP contribution < -0.4 is 5.43 Å². The van der Waals surface area contributed by atoms with E-state index in [0.717, 1.165) is 27.9 Å². The van der Waals surface area contributed by atoms with Gasteiger partial charge in [-0.1, -0.05) is 48.5 Å². The second-order valence-electron chi connectivity index (χ2n) is 7.09. The molecule has 3 aromatic carbocycles. The molecule has 1 heterocycles. The first-order valence-electron chi connectivity index (χ1n) is 9.51. The minimum atomic E-state index is -0.239. The van der Waals surface area contributed by atoms with Crippen molar-refractivity contribution in [1.82, 2.24) is 15.2 Å². The van der Waals surface area contributed by atoms with Gasteiger partial charge in [-0.2, -0.15) is 10.2 Å². The zero-order valence-corrected chi connectivity index (χ0v) is 16.5. The van der Waals surface area contributed by atoms with Gasteiger partial charge in [-0.05, 0) is 60.0 Å². The van der Waals surface area contributed by atoms with Crippen LogP contribution in [0.15, 0.2) is 77.9 Å². The van der Waals surface area contributed by atoms with Crippen LogP contribution in [0.1, 0.15) is 32.9 Å². The summed E-state index contributed by atoms with van der Waals surface area (Å²) >= 11 is 0. The Hall–Kier alpha value is -3.73. The number of nitrogens with zero attached hydrogens (tertiary/aromatic N) is 3. The molecule has 0 aliphatic rings. The van der Waals surface area contributed by atoms with E-state index in [1.54, 1.807) is 12.3 Å². The minimum Gasteiger partial charge on any atom is -0.267 e. The Labute approximate surface area is 169 Å². The van der Waals surface area contributed by atoms with E-state index in [2.05, 4.69) is 27.8 Å². The van der Waals surface area contributed by atoms with Crippen molar-refractivity contribution >= 4 is 22.9 Å². The summed E-state index contributed by atoms with van der Waals surface area (Å²) in [6, 6.07) is 23.8. The molecule has 4 rings (SSSR count). The van der Waals surface area contributed by atoms with Gasteiger partial charge in [0.25, 0.3) is 5.91 Å². The predicted molar refractivity (Wildman–Crippen MR) is 116 cm³/mol. The van der Waals surface area contributed by atoms with Crippen molar-refractivity contribution in [3.63, 3.8) is 0 Å². The Morgan fingerprint density at radius 1 is 1.00 bits per heavy atom. The third-order valence-electron chi connectivity index (χ3n) is 4.78. The van der Waals surface area contributed by atoms with Crippen LogP contribution in [-0.2, 0) is 6.54 Å². The highest BCUT2D eigenvalue weighted by Crippen LogP contribution is 2.14. The first-order chi connectivity index (χ1) is 14.1. The number of benzene rings is 3. The molecule has 1 aromatic heterocycles. The van der Waals surface area contributed by atoms with Gasteiger partial charge >= 0.3 is 0 Å². The fourth-order valence-electron chi connectivity index (χ4n) is 3.34. The molecular formula is C24H22N4O. The molecule has 5 nitrogen and oxygen atoms in total. The van der Waals surface area contributed by atoms with Crippen molar-refractivity contribution in [2.45, 2.75) is 20.4 Å². The normalized spacial score (nSPS) is 11.2. The molecule has 0 radical (unpaired) electrons. The summed E-state index contributed by atoms with van der Waals surface area (Å²) in [7, 11) is 0. The predicted octanol–water partition coefficient (Wildman–Crippen LogP) is 4.47. The van der Waals surface area contributed by atoms with Crippen molar-refractivity contribution in [3.05, 3.63) is 101 Å². The van der Waals surface area contributed by atoms with Gasteiger partial charge in [0.15, 0.2) is 0 Å². The average Bonchev–Trinajstić information content (AvgIpc) is 3.04. The van der Waals surface area contributed by atoms with Gasteiger partial charge in [0.1, 0.15) is 0 Å².